The van der Waals surface area contributed by atoms with Gasteiger partial charge in [0.15, 0.2) is 0 Å². The minimum atomic E-state index is -4.63. The average Bonchev–Trinajstić information content (AvgIpc) is 3.17. The summed E-state index contributed by atoms with van der Waals surface area (Å²) in [6.07, 6.45) is -4.63. The minimum absolute atomic E-state index is 0.0552. The Balaban J connectivity index is 1.88. The number of benzene rings is 2. The van der Waals surface area contributed by atoms with Crippen molar-refractivity contribution in [1.82, 2.24) is 10.2 Å². The molecule has 0 aliphatic carbocycles. The number of ether oxygens (including phenoxy) is 1. The van der Waals surface area contributed by atoms with Crippen LogP contribution in [0.2, 0.25) is 10.0 Å². The van der Waals surface area contributed by atoms with Gasteiger partial charge in [-0.05, 0) is 35.9 Å². The first-order chi connectivity index (χ1) is 13.6. The van der Waals surface area contributed by atoms with Crippen molar-refractivity contribution >= 4 is 29.1 Å². The number of amides is 1. The van der Waals surface area contributed by atoms with Crippen molar-refractivity contribution in [2.75, 3.05) is 27.2 Å². The maximum atomic E-state index is 13.3. The summed E-state index contributed by atoms with van der Waals surface area (Å²) in [4.78, 5) is 14.4. The first kappa shape index (κ1) is 21.7. The predicted molar refractivity (Wildman–Crippen MR) is 106 cm³/mol. The third-order valence-corrected chi connectivity index (χ3v) is 5.86. The SMILES string of the molecule is COc1ccc(C(=O)N(C)C2CNCC2c2ccc(Cl)c(Cl)c2)cc1C(F)(F)F. The number of alkyl halides is 3. The van der Waals surface area contributed by atoms with Crippen LogP contribution in [0, 0.1) is 0 Å². The van der Waals surface area contributed by atoms with E-state index < -0.39 is 17.6 Å². The van der Waals surface area contributed by atoms with Crippen molar-refractivity contribution in [1.29, 1.82) is 0 Å². The molecule has 2 unspecified atom stereocenters. The molecular weight excluding hydrogens is 428 g/mol. The Kier molecular flexibility index (Phi) is 6.31. The molecule has 1 N–H and O–H groups in total. The lowest BCUT2D eigenvalue weighted by molar-refractivity contribution is -0.138. The second kappa shape index (κ2) is 8.42. The number of halogens is 5. The van der Waals surface area contributed by atoms with Gasteiger partial charge in [-0.15, -0.1) is 0 Å². The Morgan fingerprint density at radius 1 is 1.14 bits per heavy atom. The molecule has 0 radical (unpaired) electrons. The van der Waals surface area contributed by atoms with Crippen LogP contribution in [0.3, 0.4) is 0 Å². The summed E-state index contributed by atoms with van der Waals surface area (Å²) in [7, 11) is 2.74. The van der Waals surface area contributed by atoms with E-state index in [0.29, 0.717) is 23.1 Å². The number of carbonyl (C=O) groups is 1. The van der Waals surface area contributed by atoms with Gasteiger partial charge < -0.3 is 15.0 Å². The van der Waals surface area contributed by atoms with Gasteiger partial charge in [-0.3, -0.25) is 4.79 Å². The average molecular weight is 447 g/mol. The zero-order valence-electron chi connectivity index (χ0n) is 15.7. The number of likely N-dealkylation sites (N-methyl/N-ethyl adjacent to an activating group) is 1. The zero-order chi connectivity index (χ0) is 21.3. The number of nitrogens with one attached hydrogen (secondary N) is 1. The largest absolute Gasteiger partial charge is 0.496 e. The molecule has 0 aromatic heterocycles. The molecule has 4 nitrogen and oxygen atoms in total. The predicted octanol–water partition coefficient (Wildman–Crippen LogP) is 4.85. The molecule has 29 heavy (non-hydrogen) atoms. The molecule has 0 saturated carbocycles. The molecule has 2 aromatic rings. The topological polar surface area (TPSA) is 41.6 Å². The van der Waals surface area contributed by atoms with Gasteiger partial charge in [-0.25, -0.2) is 0 Å². The molecule has 1 aliphatic heterocycles. The Hall–Kier alpha value is -1.96. The zero-order valence-corrected chi connectivity index (χ0v) is 17.2. The van der Waals surface area contributed by atoms with Crippen LogP contribution in [-0.4, -0.2) is 44.1 Å². The number of nitrogens with zero attached hydrogens (tertiary/aromatic N) is 1. The molecule has 0 bridgehead atoms. The molecule has 3 rings (SSSR count). The summed E-state index contributed by atoms with van der Waals surface area (Å²) in [6.45, 7) is 1.12. The molecule has 1 heterocycles. The van der Waals surface area contributed by atoms with Crippen molar-refractivity contribution in [3.63, 3.8) is 0 Å². The van der Waals surface area contributed by atoms with Crippen LogP contribution in [0.25, 0.3) is 0 Å². The Labute approximate surface area is 176 Å². The van der Waals surface area contributed by atoms with Crippen LogP contribution in [0.15, 0.2) is 36.4 Å². The van der Waals surface area contributed by atoms with Gasteiger partial charge in [0.05, 0.1) is 28.8 Å². The number of rotatable bonds is 4. The van der Waals surface area contributed by atoms with Crippen LogP contribution >= 0.6 is 23.2 Å². The molecule has 0 spiro atoms. The maximum Gasteiger partial charge on any atom is 0.419 e. The van der Waals surface area contributed by atoms with Crippen molar-refractivity contribution in [3.8, 4) is 5.75 Å². The van der Waals surface area contributed by atoms with E-state index in [1.54, 1.807) is 19.2 Å². The van der Waals surface area contributed by atoms with E-state index >= 15 is 0 Å². The fourth-order valence-electron chi connectivity index (χ4n) is 3.57. The molecule has 1 amide bonds. The number of carbonyl (C=O) groups excluding carboxylic acids is 1. The highest BCUT2D eigenvalue weighted by Gasteiger charge is 2.37. The number of hydrogen-bond donors (Lipinski definition) is 1. The van der Waals surface area contributed by atoms with Crippen LogP contribution in [0.5, 0.6) is 5.75 Å². The van der Waals surface area contributed by atoms with E-state index in [-0.39, 0.29) is 23.3 Å². The standard InChI is InChI=1S/C20H19Cl2F3N2O2/c1-27(17-10-26-9-13(17)11-3-5-15(21)16(22)8-11)19(28)12-4-6-18(29-2)14(7-12)20(23,24)25/h3-8,13,17,26H,9-10H2,1-2H3. The van der Waals surface area contributed by atoms with Crippen LogP contribution in [0.1, 0.15) is 27.4 Å². The van der Waals surface area contributed by atoms with Gasteiger partial charge in [-0.1, -0.05) is 29.3 Å². The lowest BCUT2D eigenvalue weighted by Gasteiger charge is -2.30. The first-order valence-electron chi connectivity index (χ1n) is 8.81. The summed E-state index contributed by atoms with van der Waals surface area (Å²) in [5, 5.41) is 4.07. The second-order valence-electron chi connectivity index (χ2n) is 6.83. The summed E-state index contributed by atoms with van der Waals surface area (Å²) in [5.74, 6) is -0.899. The molecular formula is C20H19Cl2F3N2O2. The van der Waals surface area contributed by atoms with Gasteiger partial charge in [-0.2, -0.15) is 13.2 Å². The fourth-order valence-corrected chi connectivity index (χ4v) is 3.88. The summed E-state index contributed by atoms with van der Waals surface area (Å²) < 4.78 is 44.7. The van der Waals surface area contributed by atoms with Crippen molar-refractivity contribution in [3.05, 3.63) is 63.1 Å². The van der Waals surface area contributed by atoms with E-state index in [1.807, 2.05) is 6.07 Å². The van der Waals surface area contributed by atoms with Crippen LogP contribution in [-0.2, 0) is 6.18 Å². The monoisotopic (exact) mass is 446 g/mol. The maximum absolute atomic E-state index is 13.3. The second-order valence-corrected chi connectivity index (χ2v) is 7.65. The van der Waals surface area contributed by atoms with Gasteiger partial charge in [0.25, 0.3) is 5.91 Å². The van der Waals surface area contributed by atoms with Gasteiger partial charge >= 0.3 is 6.18 Å². The van der Waals surface area contributed by atoms with Crippen LogP contribution in [0.4, 0.5) is 13.2 Å². The van der Waals surface area contributed by atoms with Crippen molar-refractivity contribution < 1.29 is 22.7 Å². The highest BCUT2D eigenvalue weighted by molar-refractivity contribution is 6.42. The van der Waals surface area contributed by atoms with Crippen molar-refractivity contribution in [2.45, 2.75) is 18.1 Å². The van der Waals surface area contributed by atoms with E-state index in [0.717, 1.165) is 24.8 Å². The molecule has 1 aliphatic rings. The quantitative estimate of drug-likeness (QED) is 0.729. The fraction of sp³-hybridized carbons (Fsp3) is 0.350. The third kappa shape index (κ3) is 4.47. The minimum Gasteiger partial charge on any atom is -0.496 e. The first-order valence-corrected chi connectivity index (χ1v) is 9.57. The Morgan fingerprint density at radius 3 is 2.48 bits per heavy atom. The van der Waals surface area contributed by atoms with Crippen LogP contribution < -0.4 is 10.1 Å². The van der Waals surface area contributed by atoms with Gasteiger partial charge in [0.2, 0.25) is 0 Å². The molecule has 2 atom stereocenters. The number of methoxy groups -OCH3 is 1. The van der Waals surface area contributed by atoms with E-state index in [4.69, 9.17) is 27.9 Å². The Bertz CT molecular complexity index is 921. The summed E-state index contributed by atoms with van der Waals surface area (Å²) in [5.41, 5.74) is -0.134. The third-order valence-electron chi connectivity index (χ3n) is 5.12. The van der Waals surface area contributed by atoms with E-state index in [9.17, 15) is 18.0 Å². The molecule has 1 fully saturated rings. The lowest BCUT2D eigenvalue weighted by Crippen LogP contribution is -2.41. The van der Waals surface area contributed by atoms with E-state index in [1.165, 1.54) is 11.0 Å². The van der Waals surface area contributed by atoms with Crippen molar-refractivity contribution in [2.24, 2.45) is 0 Å². The molecule has 156 valence electrons. The molecule has 1 saturated heterocycles. The summed E-state index contributed by atoms with van der Waals surface area (Å²) in [6, 6.07) is 8.35. The highest BCUT2D eigenvalue weighted by Crippen LogP contribution is 2.37. The van der Waals surface area contributed by atoms with Gasteiger partial charge in [0, 0.05) is 31.6 Å². The Morgan fingerprint density at radius 2 is 1.86 bits per heavy atom. The van der Waals surface area contributed by atoms with E-state index in [2.05, 4.69) is 5.32 Å². The smallest absolute Gasteiger partial charge is 0.419 e. The normalized spacial score (nSPS) is 19.3. The van der Waals surface area contributed by atoms with Gasteiger partial charge in [0.1, 0.15) is 5.75 Å². The molecule has 2 aromatic carbocycles. The number of hydrogen-bond acceptors (Lipinski definition) is 3. The summed E-state index contributed by atoms with van der Waals surface area (Å²) >= 11 is 12.1. The molecule has 9 heteroatoms. The highest BCUT2D eigenvalue weighted by atomic mass is 35.5. The lowest BCUT2D eigenvalue weighted by atomic mass is 9.93.